The van der Waals surface area contributed by atoms with Gasteiger partial charge in [0.2, 0.25) is 0 Å². The van der Waals surface area contributed by atoms with Crippen molar-refractivity contribution in [1.29, 1.82) is 0 Å². The van der Waals surface area contributed by atoms with Crippen LogP contribution in [-0.2, 0) is 10.2 Å². The predicted octanol–water partition coefficient (Wildman–Crippen LogP) is 3.18. The highest BCUT2D eigenvalue weighted by molar-refractivity contribution is 14.1. The first-order valence-electron chi connectivity index (χ1n) is 6.06. The quantitative estimate of drug-likeness (QED) is 0.535. The maximum absolute atomic E-state index is 12.3. The Morgan fingerprint density at radius 3 is 3.00 bits per heavy atom. The van der Waals surface area contributed by atoms with Gasteiger partial charge in [0.05, 0.1) is 9.34 Å². The second kappa shape index (κ2) is 3.97. The van der Waals surface area contributed by atoms with Crippen molar-refractivity contribution in [2.45, 2.75) is 35.5 Å². The standard InChI is InChI=1S/C14H15IO2/c1-9-4-5-10-11(7-9)17-8-12(15)14(10)6-2-3-13(14)16/h4-5,7,12H,2-3,6,8H2,1H3/t12-,14+/m0/s1. The van der Waals surface area contributed by atoms with Crippen LogP contribution in [0.25, 0.3) is 0 Å². The molecule has 2 atom stereocenters. The maximum Gasteiger partial charge on any atom is 0.144 e. The van der Waals surface area contributed by atoms with Crippen molar-refractivity contribution < 1.29 is 9.53 Å². The first-order valence-corrected chi connectivity index (χ1v) is 7.30. The van der Waals surface area contributed by atoms with E-state index in [2.05, 4.69) is 47.7 Å². The largest absolute Gasteiger partial charge is 0.492 e. The number of hydrogen-bond donors (Lipinski definition) is 0. The molecule has 1 aliphatic carbocycles. The smallest absolute Gasteiger partial charge is 0.144 e. The third-order valence-electron chi connectivity index (χ3n) is 4.01. The van der Waals surface area contributed by atoms with Crippen LogP contribution >= 0.6 is 22.6 Å². The van der Waals surface area contributed by atoms with Gasteiger partial charge < -0.3 is 4.74 Å². The fourth-order valence-corrected chi connectivity index (χ4v) is 4.27. The summed E-state index contributed by atoms with van der Waals surface area (Å²) in [6, 6.07) is 6.24. The van der Waals surface area contributed by atoms with Crippen molar-refractivity contribution in [3.63, 3.8) is 0 Å². The van der Waals surface area contributed by atoms with Gasteiger partial charge in [-0.2, -0.15) is 0 Å². The van der Waals surface area contributed by atoms with Crippen LogP contribution in [0.1, 0.15) is 30.4 Å². The Morgan fingerprint density at radius 1 is 1.47 bits per heavy atom. The van der Waals surface area contributed by atoms with Crippen LogP contribution in [-0.4, -0.2) is 16.3 Å². The number of ketones is 1. The van der Waals surface area contributed by atoms with Crippen molar-refractivity contribution in [3.8, 4) is 5.75 Å². The van der Waals surface area contributed by atoms with E-state index in [1.165, 1.54) is 5.56 Å². The van der Waals surface area contributed by atoms with Crippen LogP contribution in [0.3, 0.4) is 0 Å². The molecular formula is C14H15IO2. The van der Waals surface area contributed by atoms with Gasteiger partial charge >= 0.3 is 0 Å². The van der Waals surface area contributed by atoms with Gasteiger partial charge in [-0.1, -0.05) is 34.7 Å². The number of fused-ring (bicyclic) bond motifs is 2. The summed E-state index contributed by atoms with van der Waals surface area (Å²) in [5, 5.41) is 0. The van der Waals surface area contributed by atoms with Crippen LogP contribution < -0.4 is 4.74 Å². The molecule has 90 valence electrons. The van der Waals surface area contributed by atoms with E-state index in [1.807, 2.05) is 0 Å². The highest BCUT2D eigenvalue weighted by Gasteiger charge is 2.52. The number of ether oxygens (including phenoxy) is 1. The summed E-state index contributed by atoms with van der Waals surface area (Å²) in [6.07, 6.45) is 2.73. The molecule has 0 unspecified atom stereocenters. The van der Waals surface area contributed by atoms with Gasteiger partial charge in [0.15, 0.2) is 0 Å². The van der Waals surface area contributed by atoms with Crippen molar-refractivity contribution >= 4 is 28.4 Å². The predicted molar refractivity (Wildman–Crippen MR) is 75.0 cm³/mol. The summed E-state index contributed by atoms with van der Waals surface area (Å²) in [5.41, 5.74) is 2.05. The molecule has 17 heavy (non-hydrogen) atoms. The van der Waals surface area contributed by atoms with Crippen LogP contribution in [0, 0.1) is 6.92 Å². The van der Waals surface area contributed by atoms with Gasteiger partial charge in [-0.3, -0.25) is 4.79 Å². The first-order chi connectivity index (χ1) is 8.14. The van der Waals surface area contributed by atoms with Crippen molar-refractivity contribution in [3.05, 3.63) is 29.3 Å². The second-order valence-corrected chi connectivity index (χ2v) is 6.53. The Kier molecular flexibility index (Phi) is 2.69. The molecule has 3 rings (SSSR count). The van der Waals surface area contributed by atoms with E-state index in [-0.39, 0.29) is 9.34 Å². The second-order valence-electron chi connectivity index (χ2n) is 5.03. The van der Waals surface area contributed by atoms with E-state index < -0.39 is 0 Å². The summed E-state index contributed by atoms with van der Waals surface area (Å²) in [5.74, 6) is 1.33. The molecule has 1 aromatic carbocycles. The van der Waals surface area contributed by atoms with E-state index >= 15 is 0 Å². The van der Waals surface area contributed by atoms with Crippen LogP contribution in [0.4, 0.5) is 0 Å². The van der Waals surface area contributed by atoms with E-state index in [0.717, 1.165) is 30.6 Å². The van der Waals surface area contributed by atoms with Crippen LogP contribution in [0.15, 0.2) is 18.2 Å². The van der Waals surface area contributed by atoms with Crippen LogP contribution in [0.2, 0.25) is 0 Å². The average molecular weight is 342 g/mol. The average Bonchev–Trinajstić information content (AvgIpc) is 2.68. The Labute approximate surface area is 115 Å². The highest BCUT2D eigenvalue weighted by atomic mass is 127. The van der Waals surface area contributed by atoms with Crippen LogP contribution in [0.5, 0.6) is 5.75 Å². The zero-order chi connectivity index (χ0) is 12.0. The minimum atomic E-state index is -0.262. The molecular weight excluding hydrogens is 327 g/mol. The van der Waals surface area contributed by atoms with Gasteiger partial charge in [0.1, 0.15) is 18.1 Å². The number of carbonyl (C=O) groups excluding carboxylic acids is 1. The SMILES string of the molecule is Cc1ccc2c(c1)OC[C@H](I)[C@@]21CCCC1=O. The van der Waals surface area contributed by atoms with Crippen molar-refractivity contribution in [1.82, 2.24) is 0 Å². The molecule has 0 saturated heterocycles. The Morgan fingerprint density at radius 2 is 2.29 bits per heavy atom. The molecule has 1 heterocycles. The van der Waals surface area contributed by atoms with Gasteiger partial charge in [-0.15, -0.1) is 0 Å². The number of hydrogen-bond acceptors (Lipinski definition) is 2. The molecule has 1 aromatic rings. The zero-order valence-electron chi connectivity index (χ0n) is 9.83. The third-order valence-corrected chi connectivity index (χ3v) is 5.43. The molecule has 1 saturated carbocycles. The third kappa shape index (κ3) is 1.54. The fraction of sp³-hybridized carbons (Fsp3) is 0.500. The highest BCUT2D eigenvalue weighted by Crippen LogP contribution is 2.50. The summed E-state index contributed by atoms with van der Waals surface area (Å²) in [6.45, 7) is 2.71. The topological polar surface area (TPSA) is 26.3 Å². The monoisotopic (exact) mass is 342 g/mol. The molecule has 1 spiro atoms. The van der Waals surface area contributed by atoms with Gasteiger partial charge in [-0.05, 0) is 31.4 Å². The number of aryl methyl sites for hydroxylation is 1. The van der Waals surface area contributed by atoms with E-state index in [9.17, 15) is 4.79 Å². The minimum absolute atomic E-state index is 0.262. The molecule has 1 aliphatic heterocycles. The Balaban J connectivity index is 2.20. The number of Topliss-reactive ketones (excluding diaryl/α,β-unsaturated/α-hetero) is 1. The molecule has 1 fully saturated rings. The van der Waals surface area contributed by atoms with E-state index in [1.54, 1.807) is 0 Å². The number of benzene rings is 1. The summed E-state index contributed by atoms with van der Waals surface area (Å²) in [7, 11) is 0. The summed E-state index contributed by atoms with van der Waals surface area (Å²) in [4.78, 5) is 12.3. The lowest BCUT2D eigenvalue weighted by Gasteiger charge is -2.38. The molecule has 3 heteroatoms. The minimum Gasteiger partial charge on any atom is -0.492 e. The van der Waals surface area contributed by atoms with Crippen molar-refractivity contribution in [2.75, 3.05) is 6.61 Å². The molecule has 0 radical (unpaired) electrons. The van der Waals surface area contributed by atoms with E-state index in [0.29, 0.717) is 12.4 Å². The fourth-order valence-electron chi connectivity index (χ4n) is 3.10. The zero-order valence-corrected chi connectivity index (χ0v) is 12.0. The lowest BCUT2D eigenvalue weighted by molar-refractivity contribution is -0.122. The molecule has 0 bridgehead atoms. The molecule has 2 nitrogen and oxygen atoms in total. The normalized spacial score (nSPS) is 31.4. The molecule has 2 aliphatic rings. The Hall–Kier alpha value is -0.580. The Bertz CT molecular complexity index is 483. The number of carbonyl (C=O) groups is 1. The number of rotatable bonds is 0. The molecule has 0 N–H and O–H groups in total. The maximum atomic E-state index is 12.3. The lowest BCUT2D eigenvalue weighted by atomic mass is 9.73. The molecule has 0 amide bonds. The number of halogens is 1. The van der Waals surface area contributed by atoms with E-state index in [4.69, 9.17) is 4.74 Å². The van der Waals surface area contributed by atoms with Gasteiger partial charge in [-0.25, -0.2) is 0 Å². The van der Waals surface area contributed by atoms with Gasteiger partial charge in [0, 0.05) is 12.0 Å². The number of alkyl halides is 1. The molecule has 0 aromatic heterocycles. The first kappa shape index (κ1) is 11.5. The van der Waals surface area contributed by atoms with Crippen molar-refractivity contribution in [2.24, 2.45) is 0 Å². The van der Waals surface area contributed by atoms with Gasteiger partial charge in [0.25, 0.3) is 0 Å². The summed E-state index contributed by atoms with van der Waals surface area (Å²) >= 11 is 2.39. The summed E-state index contributed by atoms with van der Waals surface area (Å²) < 4.78 is 6.06. The lowest BCUT2D eigenvalue weighted by Crippen LogP contribution is -2.46.